The Morgan fingerprint density at radius 2 is 1.67 bits per heavy atom. The van der Waals surface area contributed by atoms with Gasteiger partial charge in [-0.1, -0.05) is 35.1 Å². The summed E-state index contributed by atoms with van der Waals surface area (Å²) < 4.78 is 0. The lowest BCUT2D eigenvalue weighted by molar-refractivity contribution is 0.774. The van der Waals surface area contributed by atoms with Gasteiger partial charge in [-0.15, -0.1) is 0 Å². The molecule has 1 heteroatoms. The molecule has 70 valence electrons. The van der Waals surface area contributed by atoms with E-state index in [-0.39, 0.29) is 7.43 Å². The molecule has 12 heavy (non-hydrogen) atoms. The average Bonchev–Trinajstić information content (AvgIpc) is 2.32. The molecule has 0 aliphatic rings. The van der Waals surface area contributed by atoms with E-state index < -0.39 is 0 Å². The van der Waals surface area contributed by atoms with E-state index in [1.54, 1.807) is 0 Å². The number of nitrogens with one attached hydrogen (secondary N) is 1. The van der Waals surface area contributed by atoms with Gasteiger partial charge < -0.3 is 4.98 Å². The highest BCUT2D eigenvalue weighted by Crippen LogP contribution is 2.24. The highest BCUT2D eigenvalue weighted by Gasteiger charge is 2.09. The van der Waals surface area contributed by atoms with E-state index in [1.807, 2.05) is 6.20 Å². The van der Waals surface area contributed by atoms with Crippen molar-refractivity contribution in [2.24, 2.45) is 0 Å². The Morgan fingerprint density at radius 1 is 1.08 bits per heavy atom. The highest BCUT2D eigenvalue weighted by atomic mass is 14.7. The predicted molar refractivity (Wildman–Crippen MR) is 55.7 cm³/mol. The quantitative estimate of drug-likeness (QED) is 0.687. The molecule has 0 amide bonds. The van der Waals surface area contributed by atoms with Gasteiger partial charge >= 0.3 is 0 Å². The lowest BCUT2D eigenvalue weighted by Crippen LogP contribution is -1.95. The number of H-pyrrole nitrogens is 1. The number of aromatic nitrogens is 1. The predicted octanol–water partition coefficient (Wildman–Crippen LogP) is 3.90. The maximum absolute atomic E-state index is 3.29. The summed E-state index contributed by atoms with van der Waals surface area (Å²) in [5, 5.41) is 0. The minimum Gasteiger partial charge on any atom is -0.365 e. The summed E-state index contributed by atoms with van der Waals surface area (Å²) in [6.07, 6.45) is 2.03. The topological polar surface area (TPSA) is 15.8 Å². The van der Waals surface area contributed by atoms with E-state index in [9.17, 15) is 0 Å². The van der Waals surface area contributed by atoms with E-state index in [2.05, 4.69) is 38.7 Å². The second-order valence-electron chi connectivity index (χ2n) is 3.66. The molecule has 1 nitrogen and oxygen atoms in total. The first-order valence-electron chi connectivity index (χ1n) is 4.30. The van der Waals surface area contributed by atoms with Gasteiger partial charge in [0.15, 0.2) is 0 Å². The zero-order valence-corrected chi connectivity index (χ0v) is 7.81. The smallest absolute Gasteiger partial charge is 0.0208 e. The van der Waals surface area contributed by atoms with Crippen molar-refractivity contribution in [3.8, 4) is 0 Å². The largest absolute Gasteiger partial charge is 0.365 e. The summed E-state index contributed by atoms with van der Waals surface area (Å²) in [5.41, 5.74) is 2.85. The lowest BCUT2D eigenvalue weighted by atomic mass is 9.98. The van der Waals surface area contributed by atoms with Crippen molar-refractivity contribution in [3.05, 3.63) is 23.5 Å². The molecule has 0 spiro atoms. The third-order valence-corrected chi connectivity index (χ3v) is 2.01. The Kier molecular flexibility index (Phi) is 4.08. The van der Waals surface area contributed by atoms with Crippen LogP contribution in [0, 0.1) is 0 Å². The Bertz CT molecular complexity index is 198. The number of hydrogen-bond acceptors (Lipinski definition) is 0. The van der Waals surface area contributed by atoms with Crippen LogP contribution in [-0.2, 0) is 0 Å². The fraction of sp³-hybridized carbons (Fsp3) is 0.636. The van der Waals surface area contributed by atoms with E-state index in [0.717, 1.165) is 0 Å². The molecule has 0 radical (unpaired) electrons. The molecular weight excluding hydrogens is 146 g/mol. The van der Waals surface area contributed by atoms with Gasteiger partial charge in [0.1, 0.15) is 0 Å². The first kappa shape index (κ1) is 11.3. The summed E-state index contributed by atoms with van der Waals surface area (Å²) in [6, 6.07) is 2.18. The lowest BCUT2D eigenvalue weighted by Gasteiger charge is -2.09. The van der Waals surface area contributed by atoms with Crippen LogP contribution >= 0.6 is 0 Å². The van der Waals surface area contributed by atoms with Crippen LogP contribution in [0.4, 0.5) is 0 Å². The minimum atomic E-state index is 0. The van der Waals surface area contributed by atoms with Crippen molar-refractivity contribution in [1.29, 1.82) is 0 Å². The molecule has 1 rings (SSSR count). The maximum atomic E-state index is 3.29. The van der Waals surface area contributed by atoms with Crippen LogP contribution in [0.2, 0.25) is 0 Å². The monoisotopic (exact) mass is 167 g/mol. The standard InChI is InChI=1S/C10H17N.CH4/c1-7(2)9-5-6-11-10(9)8(3)4;/h5-8,11H,1-4H3;1H4. The Labute approximate surface area is 76.2 Å². The molecule has 1 aromatic heterocycles. The van der Waals surface area contributed by atoms with Gasteiger partial charge in [0.25, 0.3) is 0 Å². The molecule has 0 saturated carbocycles. The van der Waals surface area contributed by atoms with Crippen molar-refractivity contribution >= 4 is 0 Å². The van der Waals surface area contributed by atoms with Crippen molar-refractivity contribution < 1.29 is 0 Å². The van der Waals surface area contributed by atoms with Crippen LogP contribution in [-0.4, -0.2) is 4.98 Å². The number of rotatable bonds is 2. The summed E-state index contributed by atoms with van der Waals surface area (Å²) >= 11 is 0. The van der Waals surface area contributed by atoms with Crippen LogP contribution < -0.4 is 0 Å². The van der Waals surface area contributed by atoms with Crippen molar-refractivity contribution in [1.82, 2.24) is 4.98 Å². The maximum Gasteiger partial charge on any atom is 0.0208 e. The number of aromatic amines is 1. The summed E-state index contributed by atoms with van der Waals surface area (Å²) in [5.74, 6) is 1.25. The normalized spacial score (nSPS) is 10.5. The SMILES string of the molecule is C.CC(C)c1cc[nH]c1C(C)C. The zero-order valence-electron chi connectivity index (χ0n) is 7.81. The first-order chi connectivity index (χ1) is 5.13. The fourth-order valence-electron chi connectivity index (χ4n) is 1.40. The van der Waals surface area contributed by atoms with Gasteiger partial charge in [0.05, 0.1) is 0 Å². The molecule has 0 aromatic carbocycles. The van der Waals surface area contributed by atoms with E-state index in [4.69, 9.17) is 0 Å². The molecular formula is C11H21N. The first-order valence-corrected chi connectivity index (χ1v) is 4.30. The molecule has 0 fully saturated rings. The van der Waals surface area contributed by atoms with Crippen LogP contribution in [0.3, 0.4) is 0 Å². The third-order valence-electron chi connectivity index (χ3n) is 2.01. The summed E-state index contributed by atoms with van der Waals surface area (Å²) in [4.78, 5) is 3.29. The van der Waals surface area contributed by atoms with Crippen molar-refractivity contribution in [2.45, 2.75) is 47.0 Å². The Morgan fingerprint density at radius 3 is 2.00 bits per heavy atom. The Balaban J connectivity index is 0.00000121. The highest BCUT2D eigenvalue weighted by molar-refractivity contribution is 5.26. The second-order valence-corrected chi connectivity index (χ2v) is 3.66. The summed E-state index contributed by atoms with van der Waals surface area (Å²) in [7, 11) is 0. The van der Waals surface area contributed by atoms with E-state index in [0.29, 0.717) is 11.8 Å². The molecule has 0 bridgehead atoms. The van der Waals surface area contributed by atoms with E-state index in [1.165, 1.54) is 11.3 Å². The van der Waals surface area contributed by atoms with Gasteiger partial charge in [-0.2, -0.15) is 0 Å². The number of hydrogen-bond donors (Lipinski definition) is 1. The van der Waals surface area contributed by atoms with Gasteiger partial charge in [0, 0.05) is 11.9 Å². The average molecular weight is 167 g/mol. The van der Waals surface area contributed by atoms with Crippen LogP contribution in [0.5, 0.6) is 0 Å². The van der Waals surface area contributed by atoms with Crippen LogP contribution in [0.1, 0.15) is 58.2 Å². The summed E-state index contributed by atoms with van der Waals surface area (Å²) in [6.45, 7) is 8.90. The van der Waals surface area contributed by atoms with Gasteiger partial charge in [-0.3, -0.25) is 0 Å². The molecule has 0 atom stereocenters. The fourth-order valence-corrected chi connectivity index (χ4v) is 1.40. The molecule has 1 N–H and O–H groups in total. The minimum absolute atomic E-state index is 0. The van der Waals surface area contributed by atoms with Gasteiger partial charge in [-0.05, 0) is 23.5 Å². The van der Waals surface area contributed by atoms with Crippen LogP contribution in [0.15, 0.2) is 12.3 Å². The van der Waals surface area contributed by atoms with Gasteiger partial charge in [0.2, 0.25) is 0 Å². The molecule has 0 saturated heterocycles. The van der Waals surface area contributed by atoms with Crippen molar-refractivity contribution in [3.63, 3.8) is 0 Å². The molecule has 0 unspecified atom stereocenters. The van der Waals surface area contributed by atoms with Crippen LogP contribution in [0.25, 0.3) is 0 Å². The third kappa shape index (κ3) is 2.13. The molecule has 1 aromatic rings. The zero-order chi connectivity index (χ0) is 8.43. The molecule has 0 aliphatic carbocycles. The Hall–Kier alpha value is -0.720. The van der Waals surface area contributed by atoms with Crippen molar-refractivity contribution in [2.75, 3.05) is 0 Å². The van der Waals surface area contributed by atoms with Gasteiger partial charge in [-0.25, -0.2) is 0 Å². The molecule has 1 heterocycles. The molecule has 0 aliphatic heterocycles. The van der Waals surface area contributed by atoms with E-state index >= 15 is 0 Å². The second kappa shape index (κ2) is 4.34.